The molecule has 4 atom stereocenters. The summed E-state index contributed by atoms with van der Waals surface area (Å²) in [5, 5.41) is 0. The molecule has 0 aromatic heterocycles. The zero-order valence-electron chi connectivity index (χ0n) is 18.0. The Morgan fingerprint density at radius 3 is 1.65 bits per heavy atom. The highest BCUT2D eigenvalue weighted by Gasteiger charge is 2.45. The highest BCUT2D eigenvalue weighted by Crippen LogP contribution is 2.34. The van der Waals surface area contributed by atoms with Crippen LogP contribution in [0.5, 0.6) is 0 Å². The van der Waals surface area contributed by atoms with Crippen LogP contribution in [-0.4, -0.2) is 36.6 Å². The minimum atomic E-state index is 0.249. The van der Waals surface area contributed by atoms with Crippen LogP contribution in [0, 0.1) is 11.8 Å². The van der Waals surface area contributed by atoms with E-state index in [1.807, 2.05) is 0 Å². The molecule has 0 spiro atoms. The first kappa shape index (κ1) is 21.7. The zero-order valence-corrected chi connectivity index (χ0v) is 18.0. The van der Waals surface area contributed by atoms with E-state index >= 15 is 0 Å². The smallest absolute Gasteiger partial charge is 0.113 e. The van der Waals surface area contributed by atoms with Gasteiger partial charge in [0.25, 0.3) is 0 Å². The van der Waals surface area contributed by atoms with Crippen LogP contribution in [0.15, 0.2) is 23.3 Å². The Labute approximate surface area is 161 Å². The van der Waals surface area contributed by atoms with E-state index in [-0.39, 0.29) is 12.5 Å². The van der Waals surface area contributed by atoms with Gasteiger partial charge in [-0.1, -0.05) is 37.1 Å². The lowest BCUT2D eigenvalue weighted by Gasteiger charge is -2.30. The number of rotatable bonds is 10. The van der Waals surface area contributed by atoms with Crippen molar-refractivity contribution in [1.29, 1.82) is 0 Å². The molecule has 0 aromatic carbocycles. The van der Waals surface area contributed by atoms with Crippen LogP contribution in [0.3, 0.4) is 0 Å². The molecule has 3 nitrogen and oxygen atoms in total. The monoisotopic (exact) mass is 363 g/mol. The molecule has 0 N–H and O–H groups in total. The molecule has 3 heteroatoms. The van der Waals surface area contributed by atoms with Gasteiger partial charge in [0.15, 0.2) is 0 Å². The minimum absolute atomic E-state index is 0.249. The molecule has 150 valence electrons. The molecule has 2 aliphatic rings. The third kappa shape index (κ3) is 6.83. The second-order valence-electron chi connectivity index (χ2n) is 9.08. The van der Waals surface area contributed by atoms with Gasteiger partial charge in [0.1, 0.15) is 12.5 Å². The fraction of sp³-hybridized carbons (Fsp3) is 0.826. The van der Waals surface area contributed by atoms with Gasteiger partial charge in [-0.15, -0.1) is 0 Å². The van der Waals surface area contributed by atoms with E-state index < -0.39 is 0 Å². The van der Waals surface area contributed by atoms with Gasteiger partial charge in [0.05, 0.1) is 19.3 Å². The summed E-state index contributed by atoms with van der Waals surface area (Å²) in [5.74, 6) is 1.37. The van der Waals surface area contributed by atoms with E-state index in [4.69, 9.17) is 9.47 Å². The van der Waals surface area contributed by atoms with Crippen molar-refractivity contribution in [3.8, 4) is 0 Å². The van der Waals surface area contributed by atoms with Gasteiger partial charge in [-0.3, -0.25) is 0 Å². The quantitative estimate of drug-likeness (QED) is 0.450. The minimum Gasteiger partial charge on any atom is -0.361 e. The van der Waals surface area contributed by atoms with Gasteiger partial charge >= 0.3 is 0 Å². The third-order valence-electron chi connectivity index (χ3n) is 5.68. The molecule has 0 amide bonds. The lowest BCUT2D eigenvalue weighted by molar-refractivity contribution is -0.0729. The summed E-state index contributed by atoms with van der Waals surface area (Å²) in [4.78, 5) is 2.55. The number of nitrogens with zero attached hydrogens (tertiary/aromatic N) is 1. The molecular weight excluding hydrogens is 322 g/mol. The van der Waals surface area contributed by atoms with E-state index in [0.717, 1.165) is 26.1 Å². The second-order valence-corrected chi connectivity index (χ2v) is 9.08. The van der Waals surface area contributed by atoms with Crippen LogP contribution in [-0.2, 0) is 9.47 Å². The molecule has 0 saturated carbocycles. The van der Waals surface area contributed by atoms with Crippen LogP contribution in [0.1, 0.15) is 80.1 Å². The maximum Gasteiger partial charge on any atom is 0.113 e. The predicted octanol–water partition coefficient (Wildman–Crippen LogP) is 5.91. The van der Waals surface area contributed by atoms with E-state index in [1.165, 1.54) is 36.8 Å². The lowest BCUT2D eigenvalue weighted by Crippen LogP contribution is -2.41. The molecule has 2 aliphatic heterocycles. The fourth-order valence-electron chi connectivity index (χ4n) is 4.11. The Morgan fingerprint density at radius 2 is 1.27 bits per heavy atom. The van der Waals surface area contributed by atoms with Crippen molar-refractivity contribution in [2.75, 3.05) is 13.2 Å². The summed E-state index contributed by atoms with van der Waals surface area (Å²) in [6.45, 7) is 15.1. The average molecular weight is 364 g/mol. The van der Waals surface area contributed by atoms with Gasteiger partial charge in [-0.25, -0.2) is 4.90 Å². The summed E-state index contributed by atoms with van der Waals surface area (Å²) in [6.07, 6.45) is 12.3. The fourth-order valence-corrected chi connectivity index (χ4v) is 4.11. The van der Waals surface area contributed by atoms with Crippen LogP contribution in [0.2, 0.25) is 0 Å². The van der Waals surface area contributed by atoms with Crippen molar-refractivity contribution >= 4 is 0 Å². The van der Waals surface area contributed by atoms with Gasteiger partial charge in [-0.2, -0.15) is 0 Å². The average Bonchev–Trinajstić information content (AvgIpc) is 3.10. The van der Waals surface area contributed by atoms with E-state index in [0.29, 0.717) is 17.9 Å². The first-order valence-corrected chi connectivity index (χ1v) is 10.6. The third-order valence-corrected chi connectivity index (χ3v) is 5.68. The summed E-state index contributed by atoms with van der Waals surface area (Å²) < 4.78 is 12.3. The summed E-state index contributed by atoms with van der Waals surface area (Å²) >= 11 is 0. The topological polar surface area (TPSA) is 21.7 Å². The Balaban J connectivity index is 1.81. The molecule has 4 unspecified atom stereocenters. The molecule has 2 saturated heterocycles. The van der Waals surface area contributed by atoms with Crippen LogP contribution >= 0.6 is 0 Å². The Bertz CT molecular complexity index is 435. The Morgan fingerprint density at radius 1 is 0.846 bits per heavy atom. The van der Waals surface area contributed by atoms with Crippen molar-refractivity contribution in [1.82, 2.24) is 4.90 Å². The van der Waals surface area contributed by atoms with E-state index in [9.17, 15) is 0 Å². The maximum absolute atomic E-state index is 6.16. The number of ether oxygens (including phenoxy) is 2. The molecule has 2 rings (SSSR count). The summed E-state index contributed by atoms with van der Waals surface area (Å²) in [7, 11) is 0. The van der Waals surface area contributed by atoms with Crippen molar-refractivity contribution in [2.45, 2.75) is 98.6 Å². The Kier molecular flexibility index (Phi) is 8.86. The molecule has 0 radical (unpaired) electrons. The largest absolute Gasteiger partial charge is 0.361 e. The van der Waals surface area contributed by atoms with E-state index in [1.54, 1.807) is 0 Å². The van der Waals surface area contributed by atoms with Gasteiger partial charge in [0, 0.05) is 0 Å². The van der Waals surface area contributed by atoms with Gasteiger partial charge in [-0.05, 0) is 78.1 Å². The number of hydrogen-bond donors (Lipinski definition) is 0. The van der Waals surface area contributed by atoms with Crippen molar-refractivity contribution < 1.29 is 9.47 Å². The Hall–Kier alpha value is -0.640. The molecule has 2 heterocycles. The van der Waals surface area contributed by atoms with Crippen LogP contribution < -0.4 is 0 Å². The SMILES string of the molecule is CC(C)=CCCC(C)CC1OCC2COC(CC(C)CCC=C(C)C)N21. The lowest BCUT2D eigenvalue weighted by atomic mass is 9.97. The van der Waals surface area contributed by atoms with Crippen molar-refractivity contribution in [3.63, 3.8) is 0 Å². The molecule has 0 aliphatic carbocycles. The first-order valence-electron chi connectivity index (χ1n) is 10.6. The van der Waals surface area contributed by atoms with E-state index in [2.05, 4.69) is 58.6 Å². The number of fused-ring (bicyclic) bond motifs is 1. The first-order chi connectivity index (χ1) is 12.4. The van der Waals surface area contributed by atoms with Crippen molar-refractivity contribution in [3.05, 3.63) is 23.3 Å². The number of hydrogen-bond acceptors (Lipinski definition) is 3. The normalized spacial score (nSPS) is 27.8. The molecule has 26 heavy (non-hydrogen) atoms. The van der Waals surface area contributed by atoms with Gasteiger partial charge in [0.2, 0.25) is 0 Å². The summed E-state index contributed by atoms with van der Waals surface area (Å²) in [5.41, 5.74) is 2.84. The predicted molar refractivity (Wildman–Crippen MR) is 110 cm³/mol. The van der Waals surface area contributed by atoms with Crippen LogP contribution in [0.4, 0.5) is 0 Å². The molecular formula is C23H41NO2. The molecule has 0 aromatic rings. The molecule has 0 bridgehead atoms. The number of allylic oxidation sites excluding steroid dienone is 4. The summed E-state index contributed by atoms with van der Waals surface area (Å²) in [6, 6.07) is 0.472. The van der Waals surface area contributed by atoms with Crippen molar-refractivity contribution in [2.24, 2.45) is 11.8 Å². The zero-order chi connectivity index (χ0) is 19.1. The van der Waals surface area contributed by atoms with Gasteiger partial charge < -0.3 is 9.47 Å². The maximum atomic E-state index is 6.16. The standard InChI is InChI=1S/C23H41NO2/c1-17(2)9-7-11-19(5)13-22-24-21(15-25-22)16-26-23(24)14-20(6)12-8-10-18(3)4/h9-10,19-23H,7-8,11-16H2,1-6H3. The second kappa shape index (κ2) is 10.6. The highest BCUT2D eigenvalue weighted by molar-refractivity contribution is 4.94. The molecule has 2 fully saturated rings. The highest BCUT2D eigenvalue weighted by atomic mass is 16.6. The van der Waals surface area contributed by atoms with Crippen LogP contribution in [0.25, 0.3) is 0 Å².